The molecule has 2 atom stereocenters. The molecule has 1 heteroatoms. The van der Waals surface area contributed by atoms with Crippen molar-refractivity contribution in [1.29, 1.82) is 0 Å². The number of nitrogens with zero attached hydrogens (tertiary/aromatic N) is 1. The molecule has 1 nitrogen and oxygen atoms in total. The Hall–Kier alpha value is -0.640. The molecule has 0 aliphatic carbocycles. The molecule has 0 aromatic heterocycles. The molecule has 1 aliphatic heterocycles. The van der Waals surface area contributed by atoms with Crippen molar-refractivity contribution in [1.82, 2.24) is 4.90 Å². The summed E-state index contributed by atoms with van der Waals surface area (Å²) in [5, 5.41) is 0. The van der Waals surface area contributed by atoms with E-state index in [1.807, 2.05) is 0 Å². The van der Waals surface area contributed by atoms with Crippen LogP contribution in [0.4, 0.5) is 0 Å². The average molecular weight is 137 g/mol. The molecule has 1 aliphatic rings. The van der Waals surface area contributed by atoms with Gasteiger partial charge >= 0.3 is 0 Å². The highest BCUT2D eigenvalue weighted by atomic mass is 15.2. The van der Waals surface area contributed by atoms with Gasteiger partial charge in [-0.2, -0.15) is 0 Å². The molecule has 0 aromatic carbocycles. The van der Waals surface area contributed by atoms with Crippen molar-refractivity contribution in [2.45, 2.75) is 26.8 Å². The van der Waals surface area contributed by atoms with Crippen molar-refractivity contribution in [2.75, 3.05) is 6.54 Å². The predicted octanol–water partition coefficient (Wildman–Crippen LogP) is 1.55. The van der Waals surface area contributed by atoms with Gasteiger partial charge in [0.1, 0.15) is 0 Å². The lowest BCUT2D eigenvalue weighted by molar-refractivity contribution is 0.0517. The summed E-state index contributed by atoms with van der Waals surface area (Å²) in [6.45, 7) is 7.80. The zero-order chi connectivity index (χ0) is 7.72. The minimum atomic E-state index is 0.630. The molecule has 0 aromatic rings. The van der Waals surface area contributed by atoms with E-state index in [1.54, 1.807) is 0 Å². The Morgan fingerprint density at radius 2 is 2.20 bits per heavy atom. The Kier molecular flexibility index (Phi) is 1.89. The molecule has 0 amide bonds. The van der Waals surface area contributed by atoms with Gasteiger partial charge in [0, 0.05) is 18.6 Å². The summed E-state index contributed by atoms with van der Waals surface area (Å²) in [7, 11) is 0. The van der Waals surface area contributed by atoms with Crippen molar-refractivity contribution >= 4 is 0 Å². The fraction of sp³-hybridized carbons (Fsp3) is 0.778. The lowest BCUT2D eigenvalue weighted by Crippen LogP contribution is -2.54. The van der Waals surface area contributed by atoms with Gasteiger partial charge in [0.05, 0.1) is 0 Å². The topological polar surface area (TPSA) is 3.24 Å². The molecule has 1 unspecified atom stereocenters. The van der Waals surface area contributed by atoms with Crippen LogP contribution in [0, 0.1) is 24.3 Å². The number of rotatable bonds is 1. The second kappa shape index (κ2) is 2.54. The monoisotopic (exact) mass is 137 g/mol. The number of likely N-dealkylation sites (tertiary alicyclic amines) is 1. The first kappa shape index (κ1) is 7.47. The van der Waals surface area contributed by atoms with Crippen LogP contribution in [0.15, 0.2) is 0 Å². The molecule has 1 saturated heterocycles. The molecule has 1 heterocycles. The van der Waals surface area contributed by atoms with Gasteiger partial charge in [0.15, 0.2) is 0 Å². The van der Waals surface area contributed by atoms with E-state index < -0.39 is 0 Å². The SMILES string of the molecule is C#CN1C[C@@H](C)C1C(C)C. The van der Waals surface area contributed by atoms with Gasteiger partial charge in [-0.15, -0.1) is 0 Å². The summed E-state index contributed by atoms with van der Waals surface area (Å²) in [5.74, 6) is 1.48. The van der Waals surface area contributed by atoms with Gasteiger partial charge in [-0.1, -0.05) is 27.2 Å². The Morgan fingerprint density at radius 3 is 2.40 bits per heavy atom. The highest BCUT2D eigenvalue weighted by Crippen LogP contribution is 2.28. The lowest BCUT2D eigenvalue weighted by Gasteiger charge is -2.46. The van der Waals surface area contributed by atoms with Crippen molar-refractivity contribution in [3.63, 3.8) is 0 Å². The van der Waals surface area contributed by atoms with Crippen LogP contribution < -0.4 is 0 Å². The van der Waals surface area contributed by atoms with Crippen molar-refractivity contribution in [3.8, 4) is 12.5 Å². The quantitative estimate of drug-likeness (QED) is 0.496. The van der Waals surface area contributed by atoms with Crippen molar-refractivity contribution < 1.29 is 0 Å². The summed E-state index contributed by atoms with van der Waals surface area (Å²) in [5.41, 5.74) is 0. The summed E-state index contributed by atoms with van der Waals surface area (Å²) >= 11 is 0. The van der Waals surface area contributed by atoms with Gasteiger partial charge in [-0.05, 0) is 11.8 Å². The maximum Gasteiger partial charge on any atom is 0.0437 e. The average Bonchev–Trinajstić information content (AvgIpc) is 1.80. The van der Waals surface area contributed by atoms with E-state index in [1.165, 1.54) is 0 Å². The first-order valence-electron chi connectivity index (χ1n) is 3.89. The Balaban J connectivity index is 2.50. The molecule has 1 fully saturated rings. The van der Waals surface area contributed by atoms with Crippen LogP contribution in [0.5, 0.6) is 0 Å². The zero-order valence-electron chi connectivity index (χ0n) is 6.96. The van der Waals surface area contributed by atoms with Crippen LogP contribution in [0.25, 0.3) is 0 Å². The number of hydrogen-bond acceptors (Lipinski definition) is 1. The second-order valence-electron chi connectivity index (χ2n) is 3.49. The maximum absolute atomic E-state index is 5.30. The van der Waals surface area contributed by atoms with Crippen LogP contribution in [0.3, 0.4) is 0 Å². The highest BCUT2D eigenvalue weighted by Gasteiger charge is 2.35. The van der Waals surface area contributed by atoms with Crippen molar-refractivity contribution in [2.24, 2.45) is 11.8 Å². The van der Waals surface area contributed by atoms with E-state index in [4.69, 9.17) is 6.42 Å². The molecule has 1 rings (SSSR count). The summed E-state index contributed by atoms with van der Waals surface area (Å²) in [6, 6.07) is 3.33. The minimum absolute atomic E-state index is 0.630. The van der Waals surface area contributed by atoms with E-state index in [2.05, 4.69) is 31.7 Å². The van der Waals surface area contributed by atoms with Gasteiger partial charge < -0.3 is 4.90 Å². The second-order valence-corrected chi connectivity index (χ2v) is 3.49. The third-order valence-corrected chi connectivity index (χ3v) is 2.28. The Bertz CT molecular complexity index is 150. The van der Waals surface area contributed by atoms with E-state index >= 15 is 0 Å². The highest BCUT2D eigenvalue weighted by molar-refractivity contribution is 5.01. The summed E-state index contributed by atoms with van der Waals surface area (Å²) < 4.78 is 0. The van der Waals surface area contributed by atoms with E-state index in [-0.39, 0.29) is 0 Å². The van der Waals surface area contributed by atoms with Crippen molar-refractivity contribution in [3.05, 3.63) is 0 Å². The molecule has 10 heavy (non-hydrogen) atoms. The van der Waals surface area contributed by atoms with E-state index in [0.717, 1.165) is 12.5 Å². The number of terminal acetylenes is 1. The molecule has 56 valence electrons. The third-order valence-electron chi connectivity index (χ3n) is 2.28. The summed E-state index contributed by atoms with van der Waals surface area (Å²) in [6.07, 6.45) is 5.30. The molecule has 0 spiro atoms. The zero-order valence-corrected chi connectivity index (χ0v) is 6.96. The van der Waals surface area contributed by atoms with E-state index in [0.29, 0.717) is 12.0 Å². The minimum Gasteiger partial charge on any atom is -0.329 e. The Morgan fingerprint density at radius 1 is 1.60 bits per heavy atom. The molecule has 0 bridgehead atoms. The molecular weight excluding hydrogens is 122 g/mol. The smallest absolute Gasteiger partial charge is 0.0437 e. The predicted molar refractivity (Wildman–Crippen MR) is 43.3 cm³/mol. The van der Waals surface area contributed by atoms with Crippen LogP contribution in [-0.2, 0) is 0 Å². The third kappa shape index (κ3) is 0.988. The van der Waals surface area contributed by atoms with Crippen LogP contribution >= 0.6 is 0 Å². The molecular formula is C9H15N. The Labute approximate surface area is 63.4 Å². The first-order chi connectivity index (χ1) is 4.66. The van der Waals surface area contributed by atoms with Crippen LogP contribution in [0.1, 0.15) is 20.8 Å². The van der Waals surface area contributed by atoms with Gasteiger partial charge in [-0.3, -0.25) is 0 Å². The van der Waals surface area contributed by atoms with Crippen LogP contribution in [0.2, 0.25) is 0 Å². The van der Waals surface area contributed by atoms with Gasteiger partial charge in [0.2, 0.25) is 0 Å². The normalized spacial score (nSPS) is 31.7. The van der Waals surface area contributed by atoms with Gasteiger partial charge in [0.25, 0.3) is 0 Å². The van der Waals surface area contributed by atoms with Crippen LogP contribution in [-0.4, -0.2) is 17.5 Å². The fourth-order valence-corrected chi connectivity index (χ4v) is 1.86. The first-order valence-corrected chi connectivity index (χ1v) is 3.89. The summed E-state index contributed by atoms with van der Waals surface area (Å²) in [4.78, 5) is 2.09. The fourth-order valence-electron chi connectivity index (χ4n) is 1.86. The molecule has 0 radical (unpaired) electrons. The molecule has 0 saturated carbocycles. The van der Waals surface area contributed by atoms with E-state index in [9.17, 15) is 0 Å². The molecule has 0 N–H and O–H groups in total. The standard InChI is InChI=1S/C9H15N/c1-5-10-6-8(4)9(10)7(2)3/h1,7-9H,6H2,2-4H3/t8-,9?/m1/s1. The van der Waals surface area contributed by atoms with Gasteiger partial charge in [-0.25, -0.2) is 0 Å². The number of hydrogen-bond donors (Lipinski definition) is 0. The lowest BCUT2D eigenvalue weighted by atomic mass is 9.83. The maximum atomic E-state index is 5.30. The largest absolute Gasteiger partial charge is 0.329 e.